The Labute approximate surface area is 165 Å². The van der Waals surface area contributed by atoms with Crippen molar-refractivity contribution >= 4 is 15.7 Å². The predicted octanol–water partition coefficient (Wildman–Crippen LogP) is 1.99. The third-order valence-electron chi connectivity index (χ3n) is 4.87. The molecule has 0 N–H and O–H groups in total. The average molecular weight is 404 g/mol. The van der Waals surface area contributed by atoms with Crippen LogP contribution in [0.2, 0.25) is 0 Å². The smallest absolute Gasteiger partial charge is 0.264 e. The molecule has 1 fully saturated rings. The van der Waals surface area contributed by atoms with Gasteiger partial charge in [0.05, 0.1) is 23.8 Å². The van der Waals surface area contributed by atoms with E-state index >= 15 is 0 Å². The first kappa shape index (κ1) is 19.0. The zero-order valence-corrected chi connectivity index (χ0v) is 16.4. The number of ether oxygens (including phenoxy) is 3. The standard InChI is InChI=1S/C20H24N2O5S/c23-28(24,18-6-7-19-20(16-18)27-15-14-26-19)22(17-4-2-1-3-5-17)9-8-21-10-12-25-13-11-21/h1-7,16H,8-15H2. The van der Waals surface area contributed by atoms with Crippen LogP contribution in [0, 0.1) is 0 Å². The Kier molecular flexibility index (Phi) is 5.70. The fourth-order valence-corrected chi connectivity index (χ4v) is 4.82. The summed E-state index contributed by atoms with van der Waals surface area (Å²) in [5.41, 5.74) is 0.644. The Morgan fingerprint density at radius 1 is 0.893 bits per heavy atom. The molecule has 0 saturated carbocycles. The van der Waals surface area contributed by atoms with E-state index in [1.807, 2.05) is 30.3 Å². The maximum atomic E-state index is 13.5. The SMILES string of the molecule is O=S(=O)(c1ccc2c(c1)OCCO2)N(CCN1CCOCC1)c1ccccc1. The number of anilines is 1. The first-order chi connectivity index (χ1) is 13.6. The summed E-state index contributed by atoms with van der Waals surface area (Å²) in [4.78, 5) is 2.42. The summed E-state index contributed by atoms with van der Waals surface area (Å²) >= 11 is 0. The molecular formula is C20H24N2O5S. The summed E-state index contributed by atoms with van der Waals surface area (Å²) in [6, 6.07) is 14.0. The molecule has 0 aromatic heterocycles. The maximum absolute atomic E-state index is 13.5. The summed E-state index contributed by atoms with van der Waals surface area (Å²) in [6.07, 6.45) is 0. The fraction of sp³-hybridized carbons (Fsp3) is 0.400. The normalized spacial score (nSPS) is 17.3. The molecule has 7 nitrogen and oxygen atoms in total. The molecule has 28 heavy (non-hydrogen) atoms. The lowest BCUT2D eigenvalue weighted by Gasteiger charge is -2.31. The van der Waals surface area contributed by atoms with Gasteiger partial charge in [0.1, 0.15) is 13.2 Å². The number of fused-ring (bicyclic) bond motifs is 1. The summed E-state index contributed by atoms with van der Waals surface area (Å²) in [7, 11) is -3.75. The van der Waals surface area contributed by atoms with E-state index in [0.717, 1.165) is 13.1 Å². The van der Waals surface area contributed by atoms with Gasteiger partial charge in [-0.2, -0.15) is 0 Å². The minimum absolute atomic E-state index is 0.197. The molecule has 2 heterocycles. The molecular weight excluding hydrogens is 380 g/mol. The zero-order valence-electron chi connectivity index (χ0n) is 15.6. The number of nitrogens with zero attached hydrogens (tertiary/aromatic N) is 2. The van der Waals surface area contributed by atoms with Crippen LogP contribution < -0.4 is 13.8 Å². The molecule has 8 heteroatoms. The van der Waals surface area contributed by atoms with Crippen LogP contribution in [0.25, 0.3) is 0 Å². The second kappa shape index (κ2) is 8.38. The Balaban J connectivity index is 1.62. The van der Waals surface area contributed by atoms with Crippen molar-refractivity contribution in [2.45, 2.75) is 4.90 Å². The van der Waals surface area contributed by atoms with Crippen LogP contribution >= 0.6 is 0 Å². The number of hydrogen-bond acceptors (Lipinski definition) is 6. The van der Waals surface area contributed by atoms with Gasteiger partial charge < -0.3 is 14.2 Å². The maximum Gasteiger partial charge on any atom is 0.264 e. The Bertz CT molecular complexity index is 898. The molecule has 2 aliphatic heterocycles. The quantitative estimate of drug-likeness (QED) is 0.734. The molecule has 0 unspecified atom stereocenters. The van der Waals surface area contributed by atoms with Crippen molar-refractivity contribution in [2.75, 3.05) is 56.9 Å². The average Bonchev–Trinajstić information content (AvgIpc) is 2.75. The highest BCUT2D eigenvalue weighted by Gasteiger charge is 2.27. The summed E-state index contributed by atoms with van der Waals surface area (Å²) < 4.78 is 44.9. The van der Waals surface area contributed by atoms with Gasteiger partial charge in [-0.05, 0) is 24.3 Å². The number of sulfonamides is 1. The number of benzene rings is 2. The van der Waals surface area contributed by atoms with Crippen LogP contribution in [0.15, 0.2) is 53.4 Å². The van der Waals surface area contributed by atoms with E-state index in [-0.39, 0.29) is 4.90 Å². The van der Waals surface area contributed by atoms with Crippen molar-refractivity contribution in [2.24, 2.45) is 0 Å². The van der Waals surface area contributed by atoms with Gasteiger partial charge in [-0.1, -0.05) is 18.2 Å². The number of morpholine rings is 1. The molecule has 0 spiro atoms. The topological polar surface area (TPSA) is 68.3 Å². The van der Waals surface area contributed by atoms with Crippen molar-refractivity contribution in [1.82, 2.24) is 4.90 Å². The molecule has 2 aromatic carbocycles. The van der Waals surface area contributed by atoms with Gasteiger partial charge in [0, 0.05) is 32.2 Å². The zero-order chi connectivity index (χ0) is 19.4. The highest BCUT2D eigenvalue weighted by atomic mass is 32.2. The van der Waals surface area contributed by atoms with Crippen molar-refractivity contribution < 1.29 is 22.6 Å². The Hall–Kier alpha value is -2.29. The van der Waals surface area contributed by atoms with Crippen molar-refractivity contribution in [1.29, 1.82) is 0 Å². The van der Waals surface area contributed by atoms with Gasteiger partial charge >= 0.3 is 0 Å². The van der Waals surface area contributed by atoms with E-state index in [2.05, 4.69) is 4.90 Å². The minimum Gasteiger partial charge on any atom is -0.486 e. The molecule has 2 aliphatic rings. The largest absolute Gasteiger partial charge is 0.486 e. The molecule has 0 atom stereocenters. The second-order valence-corrected chi connectivity index (χ2v) is 8.53. The van der Waals surface area contributed by atoms with Crippen molar-refractivity contribution in [3.05, 3.63) is 48.5 Å². The lowest BCUT2D eigenvalue weighted by molar-refractivity contribution is 0.0395. The van der Waals surface area contributed by atoms with E-state index in [1.165, 1.54) is 4.31 Å². The molecule has 0 radical (unpaired) electrons. The fourth-order valence-electron chi connectivity index (χ4n) is 3.35. The molecule has 0 aliphatic carbocycles. The molecule has 150 valence electrons. The molecule has 2 aromatic rings. The minimum atomic E-state index is -3.75. The van der Waals surface area contributed by atoms with Crippen LogP contribution in [0.4, 0.5) is 5.69 Å². The number of para-hydroxylation sites is 1. The first-order valence-electron chi connectivity index (χ1n) is 9.42. The van der Waals surface area contributed by atoms with Gasteiger partial charge in [0.15, 0.2) is 11.5 Å². The van der Waals surface area contributed by atoms with E-state index < -0.39 is 10.0 Å². The van der Waals surface area contributed by atoms with E-state index in [4.69, 9.17) is 14.2 Å². The third-order valence-corrected chi connectivity index (χ3v) is 6.69. The molecule has 0 amide bonds. The van der Waals surface area contributed by atoms with Crippen LogP contribution in [0.1, 0.15) is 0 Å². The first-order valence-corrected chi connectivity index (χ1v) is 10.9. The summed E-state index contributed by atoms with van der Waals surface area (Å²) in [5.74, 6) is 1.04. The second-order valence-electron chi connectivity index (χ2n) is 6.67. The van der Waals surface area contributed by atoms with Crippen molar-refractivity contribution in [3.63, 3.8) is 0 Å². The highest BCUT2D eigenvalue weighted by molar-refractivity contribution is 7.92. The highest BCUT2D eigenvalue weighted by Crippen LogP contribution is 2.34. The summed E-state index contributed by atoms with van der Waals surface area (Å²) in [6.45, 7) is 4.87. The van der Waals surface area contributed by atoms with Crippen LogP contribution in [-0.4, -0.2) is 65.9 Å². The third kappa shape index (κ3) is 4.09. The summed E-state index contributed by atoms with van der Waals surface area (Å²) in [5, 5.41) is 0. The number of rotatable bonds is 6. The van der Waals surface area contributed by atoms with Gasteiger partial charge in [-0.15, -0.1) is 0 Å². The van der Waals surface area contributed by atoms with Crippen LogP contribution in [-0.2, 0) is 14.8 Å². The van der Waals surface area contributed by atoms with Crippen LogP contribution in [0.3, 0.4) is 0 Å². The monoisotopic (exact) mass is 404 g/mol. The van der Waals surface area contributed by atoms with E-state index in [9.17, 15) is 8.42 Å². The number of hydrogen-bond donors (Lipinski definition) is 0. The lowest BCUT2D eigenvalue weighted by Crippen LogP contribution is -2.43. The van der Waals surface area contributed by atoms with Gasteiger partial charge in [-0.3, -0.25) is 9.21 Å². The molecule has 4 rings (SSSR count). The van der Waals surface area contributed by atoms with Gasteiger partial charge in [0.2, 0.25) is 0 Å². The van der Waals surface area contributed by atoms with Gasteiger partial charge in [-0.25, -0.2) is 8.42 Å². The van der Waals surface area contributed by atoms with E-state index in [1.54, 1.807) is 18.2 Å². The molecule has 0 bridgehead atoms. The molecule has 1 saturated heterocycles. The van der Waals surface area contributed by atoms with Crippen molar-refractivity contribution in [3.8, 4) is 11.5 Å². The van der Waals surface area contributed by atoms with E-state index in [0.29, 0.717) is 56.7 Å². The van der Waals surface area contributed by atoms with Crippen LogP contribution in [0.5, 0.6) is 11.5 Å². The Morgan fingerprint density at radius 3 is 2.36 bits per heavy atom. The predicted molar refractivity (Wildman–Crippen MR) is 106 cm³/mol. The van der Waals surface area contributed by atoms with Gasteiger partial charge in [0.25, 0.3) is 10.0 Å². The Morgan fingerprint density at radius 2 is 1.61 bits per heavy atom. The lowest BCUT2D eigenvalue weighted by atomic mass is 10.3.